The van der Waals surface area contributed by atoms with Crippen LogP contribution in [-0.4, -0.2) is 60.6 Å². The molecule has 0 bridgehead atoms. The average Bonchev–Trinajstić information content (AvgIpc) is 3.20. The fourth-order valence-corrected chi connectivity index (χ4v) is 4.07. The summed E-state index contributed by atoms with van der Waals surface area (Å²) in [7, 11) is 1.86. The zero-order valence-electron chi connectivity index (χ0n) is 13.7. The monoisotopic (exact) mass is 426 g/mol. The minimum atomic E-state index is 0. The maximum Gasteiger partial charge on any atom is 0.191 e. The molecule has 2 aliphatic rings. The van der Waals surface area contributed by atoms with E-state index in [4.69, 9.17) is 0 Å². The van der Waals surface area contributed by atoms with E-state index in [1.807, 2.05) is 7.05 Å². The Morgan fingerprint density at radius 1 is 1.38 bits per heavy atom. The van der Waals surface area contributed by atoms with E-state index in [0.717, 1.165) is 38.2 Å². The van der Waals surface area contributed by atoms with Crippen molar-refractivity contribution in [1.29, 1.82) is 0 Å². The highest BCUT2D eigenvalue weighted by atomic mass is 127. The van der Waals surface area contributed by atoms with Gasteiger partial charge in [-0.3, -0.25) is 9.89 Å². The van der Waals surface area contributed by atoms with Crippen molar-refractivity contribution in [3.63, 3.8) is 0 Å². The minimum absolute atomic E-state index is 0. The van der Waals surface area contributed by atoms with Crippen LogP contribution in [-0.2, 0) is 0 Å². The zero-order chi connectivity index (χ0) is 14.4. The number of rotatable bonds is 7. The van der Waals surface area contributed by atoms with Gasteiger partial charge in [0, 0.05) is 37.5 Å². The molecule has 1 aliphatic heterocycles. The summed E-state index contributed by atoms with van der Waals surface area (Å²) in [5.41, 5.74) is 0. The lowest BCUT2D eigenvalue weighted by atomic mass is 10.1. The molecule has 0 aromatic rings. The lowest BCUT2D eigenvalue weighted by Crippen LogP contribution is -2.45. The highest BCUT2D eigenvalue weighted by molar-refractivity contribution is 14.0. The molecule has 0 radical (unpaired) electrons. The molecule has 1 unspecified atom stereocenters. The van der Waals surface area contributed by atoms with E-state index in [1.165, 1.54) is 31.4 Å². The maximum absolute atomic E-state index is 4.33. The Labute approximate surface area is 151 Å². The van der Waals surface area contributed by atoms with E-state index in [9.17, 15) is 0 Å². The second-order valence-corrected chi connectivity index (χ2v) is 7.80. The molecule has 2 fully saturated rings. The molecule has 2 N–H and O–H groups in total. The van der Waals surface area contributed by atoms with Crippen molar-refractivity contribution in [3.05, 3.63) is 0 Å². The Kier molecular flexibility index (Phi) is 8.71. The molecule has 1 saturated carbocycles. The first-order valence-electron chi connectivity index (χ1n) is 7.99. The Morgan fingerprint density at radius 3 is 2.67 bits per heavy atom. The fraction of sp³-hybridized carbons (Fsp3) is 0.933. The fourth-order valence-electron chi connectivity index (χ4n) is 2.82. The van der Waals surface area contributed by atoms with Gasteiger partial charge in [-0.2, -0.15) is 11.8 Å². The second-order valence-electron chi connectivity index (χ2n) is 6.11. The lowest BCUT2D eigenvalue weighted by Gasteiger charge is -2.25. The summed E-state index contributed by atoms with van der Waals surface area (Å²) in [4.78, 5) is 6.89. The van der Waals surface area contributed by atoms with Crippen molar-refractivity contribution < 1.29 is 0 Å². The number of hydrogen-bond acceptors (Lipinski definition) is 3. The number of aliphatic imine (C=N–C) groups is 1. The van der Waals surface area contributed by atoms with Gasteiger partial charge in [-0.05, 0) is 44.9 Å². The minimum Gasteiger partial charge on any atom is -0.355 e. The smallest absolute Gasteiger partial charge is 0.191 e. The van der Waals surface area contributed by atoms with Gasteiger partial charge in [-0.1, -0.05) is 6.92 Å². The molecule has 124 valence electrons. The third-order valence-electron chi connectivity index (χ3n) is 4.31. The van der Waals surface area contributed by atoms with Crippen molar-refractivity contribution in [3.8, 4) is 0 Å². The predicted octanol–water partition coefficient (Wildman–Crippen LogP) is 2.54. The van der Waals surface area contributed by atoms with Crippen molar-refractivity contribution in [2.24, 2.45) is 4.99 Å². The van der Waals surface area contributed by atoms with E-state index in [0.29, 0.717) is 4.75 Å². The average molecular weight is 426 g/mol. The summed E-state index contributed by atoms with van der Waals surface area (Å²) in [6.45, 7) is 8.88. The zero-order valence-corrected chi connectivity index (χ0v) is 16.8. The Morgan fingerprint density at radius 2 is 2.14 bits per heavy atom. The molecule has 1 aliphatic carbocycles. The van der Waals surface area contributed by atoms with E-state index in [1.54, 1.807) is 0 Å². The summed E-state index contributed by atoms with van der Waals surface area (Å²) in [5.74, 6) is 2.25. The van der Waals surface area contributed by atoms with Gasteiger partial charge in [0.2, 0.25) is 0 Å². The van der Waals surface area contributed by atoms with Crippen molar-refractivity contribution in [1.82, 2.24) is 15.5 Å². The SMILES string of the molecule is CCN(CCNC(=NC)NCC1(C)CCCS1)C1CC1.I. The maximum atomic E-state index is 4.33. The van der Waals surface area contributed by atoms with Gasteiger partial charge in [-0.15, -0.1) is 24.0 Å². The molecule has 0 aromatic heterocycles. The molecule has 2 rings (SSSR count). The van der Waals surface area contributed by atoms with Gasteiger partial charge in [0.05, 0.1) is 0 Å². The molecule has 0 aromatic carbocycles. The van der Waals surface area contributed by atoms with Gasteiger partial charge in [0.25, 0.3) is 0 Å². The predicted molar refractivity (Wildman–Crippen MR) is 105 cm³/mol. The third-order valence-corrected chi connectivity index (χ3v) is 5.85. The van der Waals surface area contributed by atoms with Gasteiger partial charge in [0.15, 0.2) is 5.96 Å². The van der Waals surface area contributed by atoms with Crippen molar-refractivity contribution in [2.45, 2.75) is 50.3 Å². The van der Waals surface area contributed by atoms with Gasteiger partial charge < -0.3 is 10.6 Å². The molecule has 1 saturated heterocycles. The molecule has 1 heterocycles. The van der Waals surface area contributed by atoms with Crippen LogP contribution in [0.15, 0.2) is 4.99 Å². The second kappa shape index (κ2) is 9.45. The van der Waals surface area contributed by atoms with Crippen molar-refractivity contribution in [2.75, 3.05) is 39.0 Å². The van der Waals surface area contributed by atoms with Crippen LogP contribution in [0.3, 0.4) is 0 Å². The number of hydrogen-bond donors (Lipinski definition) is 2. The number of nitrogens with one attached hydrogen (secondary N) is 2. The van der Waals surface area contributed by atoms with Crippen LogP contribution in [0, 0.1) is 0 Å². The van der Waals surface area contributed by atoms with E-state index in [2.05, 4.69) is 46.1 Å². The standard InChI is InChI=1S/C15H30N4S.HI/c1-4-19(13-6-7-13)10-9-17-14(16-3)18-12-15(2)8-5-11-20-15;/h13H,4-12H2,1-3H3,(H2,16,17,18);1H. The van der Waals surface area contributed by atoms with Crippen LogP contribution in [0.2, 0.25) is 0 Å². The first kappa shape index (κ1) is 19.4. The molecule has 0 spiro atoms. The van der Waals surface area contributed by atoms with Crippen LogP contribution in [0.25, 0.3) is 0 Å². The number of thioether (sulfide) groups is 1. The number of halogens is 1. The van der Waals surface area contributed by atoms with E-state index in [-0.39, 0.29) is 24.0 Å². The van der Waals surface area contributed by atoms with Crippen LogP contribution in [0.5, 0.6) is 0 Å². The number of guanidine groups is 1. The van der Waals surface area contributed by atoms with Gasteiger partial charge >= 0.3 is 0 Å². The van der Waals surface area contributed by atoms with Crippen LogP contribution in [0.1, 0.15) is 39.5 Å². The van der Waals surface area contributed by atoms with Crippen LogP contribution < -0.4 is 10.6 Å². The third kappa shape index (κ3) is 6.52. The number of nitrogens with zero attached hydrogens (tertiary/aromatic N) is 2. The first-order chi connectivity index (χ1) is 9.67. The molecule has 0 amide bonds. The molecular weight excluding hydrogens is 395 g/mol. The van der Waals surface area contributed by atoms with E-state index >= 15 is 0 Å². The first-order valence-corrected chi connectivity index (χ1v) is 8.98. The molecule has 21 heavy (non-hydrogen) atoms. The summed E-state index contributed by atoms with van der Waals surface area (Å²) in [6, 6.07) is 0.852. The molecule has 4 nitrogen and oxygen atoms in total. The Balaban J connectivity index is 0.00000220. The quantitative estimate of drug-likeness (QED) is 0.373. The lowest BCUT2D eigenvalue weighted by molar-refractivity contribution is 0.282. The molecule has 6 heteroatoms. The molecular formula is C15H31IN4S. The van der Waals surface area contributed by atoms with Crippen LogP contribution >= 0.6 is 35.7 Å². The summed E-state index contributed by atoms with van der Waals surface area (Å²) < 4.78 is 0.390. The summed E-state index contributed by atoms with van der Waals surface area (Å²) in [5, 5.41) is 6.93. The Bertz CT molecular complexity index is 328. The molecule has 1 atom stereocenters. The van der Waals surface area contributed by atoms with Gasteiger partial charge in [-0.25, -0.2) is 0 Å². The van der Waals surface area contributed by atoms with Crippen molar-refractivity contribution >= 4 is 41.7 Å². The van der Waals surface area contributed by atoms with E-state index < -0.39 is 0 Å². The summed E-state index contributed by atoms with van der Waals surface area (Å²) in [6.07, 6.45) is 5.43. The Hall–Kier alpha value is 0.310. The largest absolute Gasteiger partial charge is 0.355 e. The number of likely N-dealkylation sites (N-methyl/N-ethyl adjacent to an activating group) is 1. The highest BCUT2D eigenvalue weighted by Crippen LogP contribution is 2.36. The highest BCUT2D eigenvalue weighted by Gasteiger charge is 2.29. The van der Waals surface area contributed by atoms with Gasteiger partial charge in [0.1, 0.15) is 0 Å². The van der Waals surface area contributed by atoms with Crippen LogP contribution in [0.4, 0.5) is 0 Å². The summed E-state index contributed by atoms with van der Waals surface area (Å²) >= 11 is 2.09. The normalized spacial score (nSPS) is 25.8. The topological polar surface area (TPSA) is 39.7 Å².